The van der Waals surface area contributed by atoms with Crippen LogP contribution in [0.25, 0.3) is 0 Å². The van der Waals surface area contributed by atoms with Crippen LogP contribution in [0.1, 0.15) is 5.56 Å². The number of anilines is 1. The lowest BCUT2D eigenvalue weighted by molar-refractivity contribution is -0.115. The standard InChI is InChI=1S/C17H11Cl3N2O3/c1-9-16(23)21-17(24)22(9)12-6-13(19)15(14(20)7-12)25-8-10-2-4-11(18)5-3-10/h2-7H,1,8H2,(H,21,23,24). The Hall–Kier alpha value is -2.21. The number of rotatable bonds is 4. The van der Waals surface area contributed by atoms with Gasteiger partial charge in [0.15, 0.2) is 5.75 Å². The maximum Gasteiger partial charge on any atom is 0.333 e. The third kappa shape index (κ3) is 3.58. The van der Waals surface area contributed by atoms with Crippen molar-refractivity contribution < 1.29 is 14.3 Å². The fourth-order valence-corrected chi connectivity index (χ4v) is 2.98. The smallest absolute Gasteiger partial charge is 0.333 e. The van der Waals surface area contributed by atoms with Gasteiger partial charge in [-0.3, -0.25) is 15.0 Å². The number of amides is 3. The van der Waals surface area contributed by atoms with Crippen molar-refractivity contribution in [3.63, 3.8) is 0 Å². The fraction of sp³-hybridized carbons (Fsp3) is 0.0588. The molecule has 3 amide bonds. The maximum atomic E-state index is 11.8. The first-order valence-corrected chi connectivity index (χ1v) is 8.21. The number of carbonyl (C=O) groups is 2. The highest BCUT2D eigenvalue weighted by Crippen LogP contribution is 2.39. The van der Waals surface area contributed by atoms with E-state index in [-0.39, 0.29) is 28.1 Å². The minimum Gasteiger partial charge on any atom is -0.486 e. The van der Waals surface area contributed by atoms with Gasteiger partial charge in [-0.05, 0) is 29.8 Å². The van der Waals surface area contributed by atoms with Crippen LogP contribution in [0.4, 0.5) is 10.5 Å². The van der Waals surface area contributed by atoms with E-state index in [1.54, 1.807) is 12.1 Å². The number of carbonyl (C=O) groups excluding carboxylic acids is 2. The van der Waals surface area contributed by atoms with Gasteiger partial charge in [0.25, 0.3) is 5.91 Å². The maximum absolute atomic E-state index is 11.8. The molecular weight excluding hydrogens is 387 g/mol. The molecule has 0 radical (unpaired) electrons. The van der Waals surface area contributed by atoms with Gasteiger partial charge >= 0.3 is 6.03 Å². The van der Waals surface area contributed by atoms with Crippen LogP contribution < -0.4 is 15.0 Å². The van der Waals surface area contributed by atoms with Gasteiger partial charge in [0.05, 0.1) is 15.7 Å². The third-order valence-corrected chi connectivity index (χ3v) is 4.31. The number of benzene rings is 2. The molecular formula is C17H11Cl3N2O3. The second kappa shape index (κ2) is 6.96. The molecule has 1 aliphatic rings. The molecule has 3 rings (SSSR count). The highest BCUT2D eigenvalue weighted by atomic mass is 35.5. The first-order chi connectivity index (χ1) is 11.9. The monoisotopic (exact) mass is 396 g/mol. The molecule has 2 aromatic rings. The van der Waals surface area contributed by atoms with E-state index < -0.39 is 11.9 Å². The Bertz CT molecular complexity index is 858. The Morgan fingerprint density at radius 3 is 2.16 bits per heavy atom. The summed E-state index contributed by atoms with van der Waals surface area (Å²) in [5, 5.41) is 3.18. The van der Waals surface area contributed by atoms with E-state index >= 15 is 0 Å². The molecule has 1 fully saturated rings. The SMILES string of the molecule is C=C1C(=O)NC(=O)N1c1cc(Cl)c(OCc2ccc(Cl)cc2)c(Cl)c1. The first-order valence-electron chi connectivity index (χ1n) is 7.07. The van der Waals surface area contributed by atoms with Gasteiger partial charge < -0.3 is 4.74 Å². The van der Waals surface area contributed by atoms with Gasteiger partial charge in [-0.2, -0.15) is 0 Å². The van der Waals surface area contributed by atoms with E-state index in [1.165, 1.54) is 12.1 Å². The summed E-state index contributed by atoms with van der Waals surface area (Å²) in [5.74, 6) is -0.293. The van der Waals surface area contributed by atoms with Crippen molar-refractivity contribution in [2.45, 2.75) is 6.61 Å². The summed E-state index contributed by atoms with van der Waals surface area (Å²) < 4.78 is 5.67. The van der Waals surface area contributed by atoms with E-state index in [4.69, 9.17) is 39.5 Å². The number of nitrogens with zero attached hydrogens (tertiary/aromatic N) is 1. The van der Waals surface area contributed by atoms with Gasteiger partial charge in [-0.25, -0.2) is 4.79 Å². The van der Waals surface area contributed by atoms with Crippen molar-refractivity contribution in [3.05, 3.63) is 69.3 Å². The molecule has 25 heavy (non-hydrogen) atoms. The van der Waals surface area contributed by atoms with Crippen molar-refractivity contribution in [1.29, 1.82) is 0 Å². The Balaban J connectivity index is 1.83. The third-order valence-electron chi connectivity index (χ3n) is 3.49. The normalized spacial score (nSPS) is 14.0. The second-order valence-electron chi connectivity index (χ2n) is 5.20. The van der Waals surface area contributed by atoms with Crippen LogP contribution in [0, 0.1) is 0 Å². The van der Waals surface area contributed by atoms with E-state index in [0.29, 0.717) is 10.7 Å². The summed E-state index contributed by atoms with van der Waals surface area (Å²) in [6.45, 7) is 3.81. The van der Waals surface area contributed by atoms with Crippen molar-refractivity contribution in [1.82, 2.24) is 5.32 Å². The van der Waals surface area contributed by atoms with E-state index in [9.17, 15) is 9.59 Å². The Morgan fingerprint density at radius 1 is 1.04 bits per heavy atom. The van der Waals surface area contributed by atoms with Gasteiger partial charge in [-0.1, -0.05) is 53.5 Å². The second-order valence-corrected chi connectivity index (χ2v) is 6.45. The summed E-state index contributed by atoms with van der Waals surface area (Å²) in [4.78, 5) is 24.5. The van der Waals surface area contributed by atoms with Gasteiger partial charge in [0.1, 0.15) is 12.3 Å². The molecule has 0 unspecified atom stereocenters. The molecule has 1 aliphatic heterocycles. The highest BCUT2D eigenvalue weighted by molar-refractivity contribution is 6.38. The molecule has 0 aromatic heterocycles. The highest BCUT2D eigenvalue weighted by Gasteiger charge is 2.33. The number of hydrogen-bond donors (Lipinski definition) is 1. The molecule has 8 heteroatoms. The lowest BCUT2D eigenvalue weighted by Crippen LogP contribution is -2.27. The average molecular weight is 398 g/mol. The number of hydrogen-bond acceptors (Lipinski definition) is 3. The largest absolute Gasteiger partial charge is 0.486 e. The average Bonchev–Trinajstić information content (AvgIpc) is 2.80. The van der Waals surface area contributed by atoms with Gasteiger partial charge in [0, 0.05) is 5.02 Å². The number of imide groups is 1. The minimum absolute atomic E-state index is 0.00744. The van der Waals surface area contributed by atoms with Crippen LogP contribution >= 0.6 is 34.8 Å². The molecule has 0 saturated carbocycles. The van der Waals surface area contributed by atoms with E-state index in [2.05, 4.69) is 11.9 Å². The van der Waals surface area contributed by atoms with Crippen LogP contribution in [-0.4, -0.2) is 11.9 Å². The molecule has 0 aliphatic carbocycles. The first kappa shape index (κ1) is 17.6. The van der Waals surface area contributed by atoms with Crippen molar-refractivity contribution in [2.75, 3.05) is 4.90 Å². The topological polar surface area (TPSA) is 58.6 Å². The van der Waals surface area contributed by atoms with Crippen LogP contribution in [-0.2, 0) is 11.4 Å². The van der Waals surface area contributed by atoms with Crippen LogP contribution in [0.5, 0.6) is 5.75 Å². The molecule has 0 bridgehead atoms. The minimum atomic E-state index is -0.614. The number of nitrogens with one attached hydrogen (secondary N) is 1. The van der Waals surface area contributed by atoms with Crippen molar-refractivity contribution in [2.24, 2.45) is 0 Å². The Labute approximate surface area is 158 Å². The molecule has 2 aromatic carbocycles. The van der Waals surface area contributed by atoms with Crippen LogP contribution in [0.15, 0.2) is 48.7 Å². The summed E-state index contributed by atoms with van der Waals surface area (Å²) in [6.07, 6.45) is 0. The quantitative estimate of drug-likeness (QED) is 0.596. The molecule has 5 nitrogen and oxygen atoms in total. The zero-order valence-electron chi connectivity index (χ0n) is 12.7. The predicted molar refractivity (Wildman–Crippen MR) is 97.4 cm³/mol. The van der Waals surface area contributed by atoms with E-state index in [0.717, 1.165) is 10.5 Å². The lowest BCUT2D eigenvalue weighted by atomic mass is 10.2. The molecule has 1 N–H and O–H groups in total. The molecule has 1 heterocycles. The van der Waals surface area contributed by atoms with Gasteiger partial charge in [0.2, 0.25) is 0 Å². The number of halogens is 3. The zero-order chi connectivity index (χ0) is 18.1. The number of urea groups is 1. The lowest BCUT2D eigenvalue weighted by Gasteiger charge is -2.17. The van der Waals surface area contributed by atoms with Gasteiger partial charge in [-0.15, -0.1) is 0 Å². The fourth-order valence-electron chi connectivity index (χ4n) is 2.27. The Kier molecular flexibility index (Phi) is 4.90. The summed E-state index contributed by atoms with van der Waals surface area (Å²) in [5.41, 5.74) is 1.20. The predicted octanol–water partition coefficient (Wildman–Crippen LogP) is 4.80. The zero-order valence-corrected chi connectivity index (χ0v) is 15.0. The molecule has 128 valence electrons. The summed E-state index contributed by atoms with van der Waals surface area (Å²) in [6, 6.07) is 9.49. The van der Waals surface area contributed by atoms with Crippen LogP contribution in [0.3, 0.4) is 0 Å². The number of ether oxygens (including phenoxy) is 1. The molecule has 1 saturated heterocycles. The summed E-state index contributed by atoms with van der Waals surface area (Å²) >= 11 is 18.3. The van der Waals surface area contributed by atoms with Crippen LogP contribution in [0.2, 0.25) is 15.1 Å². The summed E-state index contributed by atoms with van der Waals surface area (Å²) in [7, 11) is 0. The Morgan fingerprint density at radius 2 is 1.64 bits per heavy atom. The van der Waals surface area contributed by atoms with E-state index in [1.807, 2.05) is 12.1 Å². The van der Waals surface area contributed by atoms with Crippen molar-refractivity contribution >= 4 is 52.4 Å². The molecule has 0 spiro atoms. The van der Waals surface area contributed by atoms with Crippen molar-refractivity contribution in [3.8, 4) is 5.75 Å². The molecule has 0 atom stereocenters.